The van der Waals surface area contributed by atoms with Gasteiger partial charge < -0.3 is 14.2 Å². The Balaban J connectivity index is 1.91. The summed E-state index contributed by atoms with van der Waals surface area (Å²) in [5.41, 5.74) is -0.627. The van der Waals surface area contributed by atoms with Gasteiger partial charge in [-0.2, -0.15) is 0 Å². The number of nitro groups is 2. The van der Waals surface area contributed by atoms with E-state index < -0.39 is 44.9 Å². The quantitative estimate of drug-likeness (QED) is 0.210. The van der Waals surface area contributed by atoms with Gasteiger partial charge >= 0.3 is 11.7 Å². The number of carbonyl (C=O) groups excluding carboxylic acids is 3. The summed E-state index contributed by atoms with van der Waals surface area (Å²) in [6.07, 6.45) is 1.42. The number of benzene rings is 2. The number of ether oxygens (including phenoxy) is 3. The molecule has 0 bridgehead atoms. The van der Waals surface area contributed by atoms with Gasteiger partial charge in [-0.3, -0.25) is 39.5 Å². The summed E-state index contributed by atoms with van der Waals surface area (Å²) >= 11 is 0.653. The molecule has 2 amide bonds. The molecule has 2 aromatic carbocycles. The Morgan fingerprint density at radius 3 is 2.40 bits per heavy atom. The summed E-state index contributed by atoms with van der Waals surface area (Å²) in [6, 6.07) is 7.40. The number of hydrogen-bond acceptors (Lipinski definition) is 11. The highest BCUT2D eigenvalue weighted by atomic mass is 32.2. The molecule has 14 heteroatoms. The average molecular weight is 503 g/mol. The first-order valence-corrected chi connectivity index (χ1v) is 10.7. The zero-order valence-electron chi connectivity index (χ0n) is 18.3. The molecule has 1 fully saturated rings. The third kappa shape index (κ3) is 5.73. The molecule has 3 rings (SSSR count). The molecule has 2 aromatic rings. The standard InChI is InChI=1S/C21H17N3O10S/c1-3-33-17-8-12(9-18-20(26)22(21(27)35-18)11-19(25)32-2)4-6-16(17)34-15-7-5-13(23(28)29)10-14(15)24(30)31/h4-10H,3,11H2,1-2H3/b18-9+. The number of non-ortho nitro benzene ring substituents is 1. The van der Waals surface area contributed by atoms with Crippen LogP contribution in [0, 0.1) is 20.2 Å². The highest BCUT2D eigenvalue weighted by Crippen LogP contribution is 2.39. The van der Waals surface area contributed by atoms with Crippen LogP contribution >= 0.6 is 11.8 Å². The lowest BCUT2D eigenvalue weighted by Crippen LogP contribution is -2.34. The Morgan fingerprint density at radius 2 is 1.77 bits per heavy atom. The largest absolute Gasteiger partial charge is 0.490 e. The van der Waals surface area contributed by atoms with Crippen LogP contribution in [0.3, 0.4) is 0 Å². The predicted octanol–water partition coefficient (Wildman–Crippen LogP) is 3.90. The van der Waals surface area contributed by atoms with E-state index in [1.165, 1.54) is 24.3 Å². The minimum Gasteiger partial charge on any atom is -0.490 e. The Morgan fingerprint density at radius 1 is 1.06 bits per heavy atom. The number of carbonyl (C=O) groups is 3. The van der Waals surface area contributed by atoms with Crippen LogP contribution < -0.4 is 9.47 Å². The molecule has 1 aliphatic heterocycles. The smallest absolute Gasteiger partial charge is 0.325 e. The van der Waals surface area contributed by atoms with E-state index in [9.17, 15) is 34.6 Å². The SMILES string of the molecule is CCOc1cc(/C=C2/SC(=O)N(CC(=O)OC)C2=O)ccc1Oc1ccc([N+](=O)[O-])cc1[N+](=O)[O-]. The molecule has 182 valence electrons. The van der Waals surface area contributed by atoms with Crippen molar-refractivity contribution in [1.82, 2.24) is 4.90 Å². The van der Waals surface area contributed by atoms with Crippen LogP contribution in [-0.2, 0) is 14.3 Å². The van der Waals surface area contributed by atoms with Crippen LogP contribution in [0.2, 0.25) is 0 Å². The van der Waals surface area contributed by atoms with Gasteiger partial charge in [0.25, 0.3) is 16.8 Å². The van der Waals surface area contributed by atoms with Gasteiger partial charge in [0.2, 0.25) is 5.75 Å². The van der Waals surface area contributed by atoms with E-state index >= 15 is 0 Å². The minimum atomic E-state index is -0.804. The number of hydrogen-bond donors (Lipinski definition) is 0. The number of nitro benzene ring substituents is 2. The third-order valence-corrected chi connectivity index (χ3v) is 5.43. The van der Waals surface area contributed by atoms with Gasteiger partial charge in [-0.05, 0) is 48.5 Å². The molecule has 1 saturated heterocycles. The van der Waals surface area contributed by atoms with Crippen LogP contribution in [0.15, 0.2) is 41.3 Å². The maximum atomic E-state index is 12.5. The highest BCUT2D eigenvalue weighted by Gasteiger charge is 2.36. The van der Waals surface area contributed by atoms with Crippen molar-refractivity contribution in [3.05, 3.63) is 67.1 Å². The number of nitrogens with zero attached hydrogens (tertiary/aromatic N) is 3. The van der Waals surface area contributed by atoms with Crippen LogP contribution in [0.4, 0.5) is 16.2 Å². The summed E-state index contributed by atoms with van der Waals surface area (Å²) in [5.74, 6) is -1.39. The maximum absolute atomic E-state index is 12.5. The maximum Gasteiger partial charge on any atom is 0.325 e. The topological polar surface area (TPSA) is 168 Å². The number of amides is 2. The molecule has 13 nitrogen and oxygen atoms in total. The fraction of sp³-hybridized carbons (Fsp3) is 0.190. The zero-order valence-corrected chi connectivity index (χ0v) is 19.1. The second kappa shape index (κ2) is 10.6. The van der Waals surface area contributed by atoms with Crippen molar-refractivity contribution in [2.45, 2.75) is 6.92 Å². The van der Waals surface area contributed by atoms with Crippen molar-refractivity contribution in [3.63, 3.8) is 0 Å². The third-order valence-electron chi connectivity index (χ3n) is 4.52. The fourth-order valence-corrected chi connectivity index (χ4v) is 3.75. The highest BCUT2D eigenvalue weighted by molar-refractivity contribution is 8.18. The molecule has 0 aliphatic carbocycles. The normalized spacial score (nSPS) is 14.2. The van der Waals surface area contributed by atoms with Crippen molar-refractivity contribution in [2.75, 3.05) is 20.3 Å². The molecule has 0 saturated carbocycles. The second-order valence-electron chi connectivity index (χ2n) is 6.75. The molecule has 1 heterocycles. The molecular weight excluding hydrogens is 486 g/mol. The second-order valence-corrected chi connectivity index (χ2v) is 7.74. The first-order valence-electron chi connectivity index (χ1n) is 9.84. The van der Waals surface area contributed by atoms with Gasteiger partial charge in [-0.1, -0.05) is 6.07 Å². The van der Waals surface area contributed by atoms with Crippen molar-refractivity contribution < 1.29 is 38.4 Å². The Bertz CT molecular complexity index is 1260. The lowest BCUT2D eigenvalue weighted by atomic mass is 10.1. The molecule has 0 atom stereocenters. The fourth-order valence-electron chi connectivity index (χ4n) is 2.92. The number of esters is 1. The van der Waals surface area contributed by atoms with Gasteiger partial charge in [-0.25, -0.2) is 0 Å². The van der Waals surface area contributed by atoms with Crippen LogP contribution in [0.5, 0.6) is 17.2 Å². The molecule has 0 N–H and O–H groups in total. The van der Waals surface area contributed by atoms with E-state index in [0.717, 1.165) is 30.2 Å². The molecule has 0 spiro atoms. The first-order chi connectivity index (χ1) is 16.6. The lowest BCUT2D eigenvalue weighted by Gasteiger charge is -2.13. The monoisotopic (exact) mass is 503 g/mol. The van der Waals surface area contributed by atoms with Gasteiger partial charge in [0.15, 0.2) is 11.5 Å². The van der Waals surface area contributed by atoms with Crippen LogP contribution in [0.1, 0.15) is 12.5 Å². The Kier molecular flexibility index (Phi) is 7.66. The minimum absolute atomic E-state index is 0.0704. The van der Waals surface area contributed by atoms with Gasteiger partial charge in [0.1, 0.15) is 6.54 Å². The Labute approximate surface area is 201 Å². The number of imide groups is 1. The van der Waals surface area contributed by atoms with Gasteiger partial charge in [-0.15, -0.1) is 0 Å². The van der Waals surface area contributed by atoms with Crippen LogP contribution in [0.25, 0.3) is 6.08 Å². The summed E-state index contributed by atoms with van der Waals surface area (Å²) in [6.45, 7) is 1.39. The summed E-state index contributed by atoms with van der Waals surface area (Å²) in [5, 5.41) is 21.7. The summed E-state index contributed by atoms with van der Waals surface area (Å²) in [4.78, 5) is 57.6. The van der Waals surface area contributed by atoms with E-state index in [0.29, 0.717) is 17.3 Å². The average Bonchev–Trinajstić information content (AvgIpc) is 3.07. The van der Waals surface area contributed by atoms with E-state index in [1.54, 1.807) is 6.92 Å². The van der Waals surface area contributed by atoms with E-state index in [1.807, 2.05) is 0 Å². The summed E-state index contributed by atoms with van der Waals surface area (Å²) in [7, 11) is 1.14. The summed E-state index contributed by atoms with van der Waals surface area (Å²) < 4.78 is 15.7. The van der Waals surface area contributed by atoms with Crippen molar-refractivity contribution in [1.29, 1.82) is 0 Å². The van der Waals surface area contributed by atoms with Crippen molar-refractivity contribution in [3.8, 4) is 17.2 Å². The van der Waals surface area contributed by atoms with E-state index in [2.05, 4.69) is 4.74 Å². The molecule has 0 aromatic heterocycles. The zero-order chi connectivity index (χ0) is 25.7. The number of thioether (sulfide) groups is 1. The molecular formula is C21H17N3O10S. The van der Waals surface area contributed by atoms with Gasteiger partial charge in [0, 0.05) is 6.07 Å². The molecule has 1 aliphatic rings. The molecule has 0 radical (unpaired) electrons. The lowest BCUT2D eigenvalue weighted by molar-refractivity contribution is -0.394. The predicted molar refractivity (Wildman–Crippen MR) is 122 cm³/mol. The Hall–Kier alpha value is -4.46. The number of methoxy groups -OCH3 is 1. The van der Waals surface area contributed by atoms with E-state index in [-0.39, 0.29) is 28.8 Å². The van der Waals surface area contributed by atoms with Gasteiger partial charge in [0.05, 0.1) is 34.5 Å². The van der Waals surface area contributed by atoms with Crippen LogP contribution in [-0.4, -0.2) is 52.1 Å². The van der Waals surface area contributed by atoms with E-state index in [4.69, 9.17) is 9.47 Å². The number of rotatable bonds is 9. The van der Waals surface area contributed by atoms with Crippen molar-refractivity contribution in [2.24, 2.45) is 0 Å². The molecule has 0 unspecified atom stereocenters. The first kappa shape index (κ1) is 25.2. The molecule has 35 heavy (non-hydrogen) atoms. The van der Waals surface area contributed by atoms with Crippen molar-refractivity contribution >= 4 is 46.3 Å².